The first kappa shape index (κ1) is 16.1. The first-order valence-electron chi connectivity index (χ1n) is 7.02. The summed E-state index contributed by atoms with van der Waals surface area (Å²) in [4.78, 5) is 6.76. The third-order valence-electron chi connectivity index (χ3n) is 3.09. The van der Waals surface area contributed by atoms with Crippen LogP contribution in [0.4, 0.5) is 4.39 Å². The van der Waals surface area contributed by atoms with Gasteiger partial charge in [0.05, 0.1) is 11.3 Å². The molecule has 0 bridgehead atoms. The Morgan fingerprint density at radius 2 is 1.95 bits per heavy atom. The van der Waals surface area contributed by atoms with Gasteiger partial charge in [0.1, 0.15) is 10.8 Å². The maximum atomic E-state index is 12.9. The summed E-state index contributed by atoms with van der Waals surface area (Å²) in [6.45, 7) is 7.85. The lowest BCUT2D eigenvalue weighted by Gasteiger charge is -2.27. The number of halogens is 1. The van der Waals surface area contributed by atoms with E-state index in [9.17, 15) is 9.50 Å². The molecular formula is C16H21FN2OS. The molecule has 3 nitrogen and oxygen atoms in total. The molecule has 21 heavy (non-hydrogen) atoms. The van der Waals surface area contributed by atoms with Gasteiger partial charge in [0.2, 0.25) is 0 Å². The van der Waals surface area contributed by atoms with Crippen LogP contribution in [0.25, 0.3) is 10.6 Å². The van der Waals surface area contributed by atoms with Crippen molar-refractivity contribution in [1.82, 2.24) is 9.88 Å². The molecular weight excluding hydrogens is 287 g/mol. The van der Waals surface area contributed by atoms with Crippen LogP contribution in [0.1, 0.15) is 26.5 Å². The number of benzene rings is 1. The Morgan fingerprint density at radius 3 is 2.52 bits per heavy atom. The minimum atomic E-state index is -0.716. The number of hydrogen-bond donors (Lipinski definition) is 1. The number of aliphatic hydroxyl groups is 1. The maximum Gasteiger partial charge on any atom is 0.123 e. The van der Waals surface area contributed by atoms with Crippen molar-refractivity contribution in [2.45, 2.75) is 32.9 Å². The van der Waals surface area contributed by atoms with E-state index in [4.69, 9.17) is 0 Å². The molecule has 0 aliphatic carbocycles. The van der Waals surface area contributed by atoms with Crippen LogP contribution in [0.3, 0.4) is 0 Å². The van der Waals surface area contributed by atoms with Crippen molar-refractivity contribution in [2.75, 3.05) is 13.1 Å². The van der Waals surface area contributed by atoms with E-state index in [0.29, 0.717) is 13.1 Å². The highest BCUT2D eigenvalue weighted by Crippen LogP contribution is 2.24. The summed E-state index contributed by atoms with van der Waals surface area (Å²) in [7, 11) is 0. The molecule has 1 aromatic carbocycles. The Bertz CT molecular complexity index is 575. The Balaban J connectivity index is 2.07. The second-order valence-corrected chi connectivity index (χ2v) is 6.62. The first-order valence-corrected chi connectivity index (χ1v) is 7.90. The van der Waals surface area contributed by atoms with Gasteiger partial charge in [-0.15, -0.1) is 11.3 Å². The van der Waals surface area contributed by atoms with Crippen LogP contribution in [0.5, 0.6) is 0 Å². The van der Waals surface area contributed by atoms with Crippen molar-refractivity contribution in [3.8, 4) is 10.6 Å². The lowest BCUT2D eigenvalue weighted by molar-refractivity contribution is 0.0350. The molecule has 114 valence electrons. The predicted molar refractivity (Wildman–Crippen MR) is 84.8 cm³/mol. The Labute approximate surface area is 129 Å². The van der Waals surface area contributed by atoms with Crippen LogP contribution in [0.2, 0.25) is 0 Å². The van der Waals surface area contributed by atoms with Crippen LogP contribution in [-0.2, 0) is 6.54 Å². The molecule has 5 heteroatoms. The molecule has 2 rings (SSSR count). The Hall–Kier alpha value is -1.30. The van der Waals surface area contributed by atoms with Crippen LogP contribution in [0.15, 0.2) is 29.6 Å². The average molecular weight is 308 g/mol. The SMILES string of the molecule is CCN(Cc1csc(-c2ccc(F)cc2)n1)CC(C)(C)O. The summed E-state index contributed by atoms with van der Waals surface area (Å²) in [6, 6.07) is 6.38. The quantitative estimate of drug-likeness (QED) is 0.886. The number of rotatable bonds is 6. The zero-order valence-corrected chi connectivity index (χ0v) is 13.5. The lowest BCUT2D eigenvalue weighted by atomic mass is 10.1. The van der Waals surface area contributed by atoms with Gasteiger partial charge in [-0.1, -0.05) is 6.92 Å². The second kappa shape index (κ2) is 6.64. The van der Waals surface area contributed by atoms with Gasteiger partial charge in [0.25, 0.3) is 0 Å². The van der Waals surface area contributed by atoms with E-state index in [0.717, 1.165) is 22.8 Å². The van der Waals surface area contributed by atoms with Crippen LogP contribution in [0, 0.1) is 5.82 Å². The van der Waals surface area contributed by atoms with Crippen LogP contribution in [-0.4, -0.2) is 33.7 Å². The van der Waals surface area contributed by atoms with E-state index < -0.39 is 5.60 Å². The largest absolute Gasteiger partial charge is 0.389 e. The third kappa shape index (κ3) is 4.88. The fourth-order valence-electron chi connectivity index (χ4n) is 2.16. The average Bonchev–Trinajstić information content (AvgIpc) is 2.85. The maximum absolute atomic E-state index is 12.9. The fourth-order valence-corrected chi connectivity index (χ4v) is 2.98. The molecule has 0 unspecified atom stereocenters. The Kier molecular flexibility index (Phi) is 5.08. The van der Waals surface area contributed by atoms with Gasteiger partial charge in [-0.25, -0.2) is 9.37 Å². The molecule has 0 aliphatic heterocycles. The fraction of sp³-hybridized carbons (Fsp3) is 0.438. The standard InChI is InChI=1S/C16H21FN2OS/c1-4-19(11-16(2,3)20)9-14-10-21-15(18-14)12-5-7-13(17)8-6-12/h5-8,10,20H,4,9,11H2,1-3H3. The highest BCUT2D eigenvalue weighted by atomic mass is 32.1. The van der Waals surface area contributed by atoms with E-state index in [1.165, 1.54) is 12.1 Å². The second-order valence-electron chi connectivity index (χ2n) is 5.77. The molecule has 1 heterocycles. The number of likely N-dealkylation sites (N-methyl/N-ethyl adjacent to an activating group) is 1. The number of thiazole rings is 1. The van der Waals surface area contributed by atoms with Crippen LogP contribution < -0.4 is 0 Å². The van der Waals surface area contributed by atoms with Crippen molar-refractivity contribution < 1.29 is 9.50 Å². The van der Waals surface area contributed by atoms with Crippen molar-refractivity contribution in [1.29, 1.82) is 0 Å². The smallest absolute Gasteiger partial charge is 0.123 e. The monoisotopic (exact) mass is 308 g/mol. The van der Waals surface area contributed by atoms with Gasteiger partial charge in [0, 0.05) is 24.0 Å². The molecule has 1 N–H and O–H groups in total. The molecule has 0 saturated heterocycles. The molecule has 0 fully saturated rings. The third-order valence-corrected chi connectivity index (χ3v) is 4.03. The molecule has 0 amide bonds. The molecule has 0 atom stereocenters. The molecule has 0 radical (unpaired) electrons. The van der Waals surface area contributed by atoms with E-state index in [-0.39, 0.29) is 5.82 Å². The lowest BCUT2D eigenvalue weighted by Crippen LogP contribution is -2.38. The van der Waals surface area contributed by atoms with E-state index in [1.54, 1.807) is 37.3 Å². The first-order chi connectivity index (χ1) is 9.87. The van der Waals surface area contributed by atoms with Gasteiger partial charge < -0.3 is 5.11 Å². The van der Waals surface area contributed by atoms with Crippen molar-refractivity contribution in [3.05, 3.63) is 41.2 Å². The van der Waals surface area contributed by atoms with Gasteiger partial charge >= 0.3 is 0 Å². The van der Waals surface area contributed by atoms with Crippen molar-refractivity contribution in [2.24, 2.45) is 0 Å². The minimum Gasteiger partial charge on any atom is -0.389 e. The van der Waals surface area contributed by atoms with E-state index in [2.05, 4.69) is 16.8 Å². The predicted octanol–water partition coefficient (Wildman–Crippen LogP) is 3.54. The summed E-state index contributed by atoms with van der Waals surface area (Å²) >= 11 is 1.56. The molecule has 0 aliphatic rings. The molecule has 0 spiro atoms. The molecule has 0 saturated carbocycles. The normalized spacial score (nSPS) is 12.1. The zero-order valence-electron chi connectivity index (χ0n) is 12.6. The van der Waals surface area contributed by atoms with Crippen molar-refractivity contribution in [3.63, 3.8) is 0 Å². The summed E-state index contributed by atoms with van der Waals surface area (Å²) in [5.41, 5.74) is 1.19. The van der Waals surface area contributed by atoms with E-state index in [1.807, 2.05) is 5.38 Å². The highest BCUT2D eigenvalue weighted by molar-refractivity contribution is 7.13. The number of hydrogen-bond acceptors (Lipinski definition) is 4. The van der Waals surface area contributed by atoms with Crippen molar-refractivity contribution >= 4 is 11.3 Å². The molecule has 1 aromatic heterocycles. The summed E-state index contributed by atoms with van der Waals surface area (Å²) in [5, 5.41) is 12.8. The topological polar surface area (TPSA) is 36.4 Å². The van der Waals surface area contributed by atoms with Crippen LogP contribution >= 0.6 is 11.3 Å². The molecule has 2 aromatic rings. The van der Waals surface area contributed by atoms with Gasteiger partial charge in [-0.05, 0) is 44.7 Å². The number of nitrogens with zero attached hydrogens (tertiary/aromatic N) is 2. The minimum absolute atomic E-state index is 0.238. The summed E-state index contributed by atoms with van der Waals surface area (Å²) in [6.07, 6.45) is 0. The summed E-state index contributed by atoms with van der Waals surface area (Å²) in [5.74, 6) is -0.238. The van der Waals surface area contributed by atoms with Gasteiger partial charge in [-0.3, -0.25) is 4.90 Å². The van der Waals surface area contributed by atoms with Gasteiger partial charge in [0.15, 0.2) is 0 Å². The van der Waals surface area contributed by atoms with E-state index >= 15 is 0 Å². The highest BCUT2D eigenvalue weighted by Gasteiger charge is 2.18. The Morgan fingerprint density at radius 1 is 1.29 bits per heavy atom. The number of aromatic nitrogens is 1. The van der Waals surface area contributed by atoms with Gasteiger partial charge in [-0.2, -0.15) is 0 Å². The zero-order chi connectivity index (χ0) is 15.5. The summed E-state index contributed by atoms with van der Waals surface area (Å²) < 4.78 is 12.9.